The molecular weight excluding hydrogens is 216 g/mol. The van der Waals surface area contributed by atoms with Crippen LogP contribution >= 0.6 is 11.6 Å². The van der Waals surface area contributed by atoms with E-state index in [1.54, 1.807) is 31.5 Å². The van der Waals surface area contributed by atoms with E-state index in [9.17, 15) is 4.79 Å². The maximum atomic E-state index is 11.4. The molecule has 0 radical (unpaired) electrons. The van der Waals surface area contributed by atoms with Crippen LogP contribution in [0.3, 0.4) is 0 Å². The normalized spacial score (nSPS) is 10.3. The molecule has 78 valence electrons. The summed E-state index contributed by atoms with van der Waals surface area (Å²) in [7, 11) is 1.55. The molecule has 0 amide bonds. The Morgan fingerprint density at radius 3 is 2.73 bits per heavy atom. The van der Waals surface area contributed by atoms with Gasteiger partial charge in [0.05, 0.1) is 12.7 Å². The molecule has 0 saturated carbocycles. The van der Waals surface area contributed by atoms with Crippen molar-refractivity contribution in [2.24, 2.45) is 0 Å². The molecule has 0 saturated heterocycles. The minimum absolute atomic E-state index is 0.199. The maximum Gasteiger partial charge on any atom is 0.271 e. The molecule has 0 spiro atoms. The Hall–Kier alpha value is -1.68. The van der Waals surface area contributed by atoms with Gasteiger partial charge < -0.3 is 9.84 Å². The molecule has 0 fully saturated rings. The van der Waals surface area contributed by atoms with Crippen LogP contribution in [0.5, 0.6) is 5.75 Å². The lowest BCUT2D eigenvalue weighted by molar-refractivity contribution is 0.416. The van der Waals surface area contributed by atoms with Gasteiger partial charge >= 0.3 is 0 Å². The van der Waals surface area contributed by atoms with Crippen molar-refractivity contribution in [1.29, 1.82) is 0 Å². The number of ether oxygens (including phenoxy) is 1. The zero-order valence-corrected chi connectivity index (χ0v) is 8.76. The van der Waals surface area contributed by atoms with Gasteiger partial charge in [0.2, 0.25) is 0 Å². The lowest BCUT2D eigenvalue weighted by atomic mass is 10.1. The Balaban J connectivity index is 2.66. The molecule has 5 heteroatoms. The molecule has 0 bridgehead atoms. The summed E-state index contributed by atoms with van der Waals surface area (Å²) in [4.78, 5) is 11.4. The summed E-state index contributed by atoms with van der Waals surface area (Å²) in [6, 6.07) is 5.13. The number of aromatic amines is 2. The summed E-state index contributed by atoms with van der Waals surface area (Å²) in [6.07, 6.45) is 1.58. The average molecular weight is 225 g/mol. The van der Waals surface area contributed by atoms with Gasteiger partial charge in [0.15, 0.2) is 0 Å². The van der Waals surface area contributed by atoms with E-state index in [0.717, 1.165) is 0 Å². The van der Waals surface area contributed by atoms with E-state index in [1.807, 2.05) is 0 Å². The van der Waals surface area contributed by atoms with E-state index in [0.29, 0.717) is 21.9 Å². The van der Waals surface area contributed by atoms with Gasteiger partial charge in [0.25, 0.3) is 5.56 Å². The summed E-state index contributed by atoms with van der Waals surface area (Å²) in [5.74, 6) is 0.615. The van der Waals surface area contributed by atoms with Crippen molar-refractivity contribution in [2.45, 2.75) is 0 Å². The smallest absolute Gasteiger partial charge is 0.271 e. The van der Waals surface area contributed by atoms with Crippen LogP contribution in [0.4, 0.5) is 0 Å². The average Bonchev–Trinajstić information content (AvgIpc) is 2.64. The van der Waals surface area contributed by atoms with Crippen molar-refractivity contribution in [3.8, 4) is 16.9 Å². The predicted octanol–water partition coefficient (Wildman–Crippen LogP) is 2.03. The van der Waals surface area contributed by atoms with Crippen LogP contribution in [0, 0.1) is 0 Å². The Morgan fingerprint density at radius 2 is 2.13 bits per heavy atom. The molecule has 1 aromatic heterocycles. The number of halogens is 1. The van der Waals surface area contributed by atoms with Gasteiger partial charge in [-0.1, -0.05) is 11.6 Å². The highest BCUT2D eigenvalue weighted by atomic mass is 35.5. The van der Waals surface area contributed by atoms with Crippen LogP contribution in [0.1, 0.15) is 0 Å². The molecule has 2 aromatic rings. The van der Waals surface area contributed by atoms with Crippen LogP contribution in [0.15, 0.2) is 29.2 Å². The molecule has 2 rings (SSSR count). The number of rotatable bonds is 2. The third-order valence-electron chi connectivity index (χ3n) is 2.10. The summed E-state index contributed by atoms with van der Waals surface area (Å²) in [5.41, 5.74) is 0.984. The molecule has 0 aliphatic rings. The fraction of sp³-hybridized carbons (Fsp3) is 0.100. The van der Waals surface area contributed by atoms with Gasteiger partial charge in [-0.2, -0.15) is 0 Å². The van der Waals surface area contributed by atoms with E-state index in [-0.39, 0.29) is 5.56 Å². The minimum atomic E-state index is -0.199. The summed E-state index contributed by atoms with van der Waals surface area (Å²) in [6.45, 7) is 0. The van der Waals surface area contributed by atoms with Crippen molar-refractivity contribution in [2.75, 3.05) is 7.11 Å². The lowest BCUT2D eigenvalue weighted by Crippen LogP contribution is -2.02. The van der Waals surface area contributed by atoms with Gasteiger partial charge in [0, 0.05) is 16.8 Å². The third-order valence-corrected chi connectivity index (χ3v) is 2.33. The van der Waals surface area contributed by atoms with Gasteiger partial charge in [0.1, 0.15) is 5.75 Å². The van der Waals surface area contributed by atoms with Crippen molar-refractivity contribution in [3.05, 3.63) is 39.8 Å². The van der Waals surface area contributed by atoms with Crippen molar-refractivity contribution >= 4 is 11.6 Å². The molecule has 15 heavy (non-hydrogen) atoms. The van der Waals surface area contributed by atoms with Gasteiger partial charge in [-0.3, -0.25) is 9.89 Å². The molecule has 4 nitrogen and oxygen atoms in total. The number of H-pyrrole nitrogens is 2. The molecule has 1 heterocycles. The first-order valence-electron chi connectivity index (χ1n) is 4.32. The Bertz CT molecular complexity index is 530. The highest BCUT2D eigenvalue weighted by molar-refractivity contribution is 6.31. The summed E-state index contributed by atoms with van der Waals surface area (Å²) in [5, 5.41) is 5.65. The van der Waals surface area contributed by atoms with E-state index < -0.39 is 0 Å². The minimum Gasteiger partial charge on any atom is -0.496 e. The second kappa shape index (κ2) is 3.82. The number of benzene rings is 1. The number of hydrogen-bond acceptors (Lipinski definition) is 2. The van der Waals surface area contributed by atoms with Crippen LogP contribution in [0.2, 0.25) is 5.02 Å². The predicted molar refractivity (Wildman–Crippen MR) is 58.4 cm³/mol. The third kappa shape index (κ3) is 1.76. The number of hydrogen-bond donors (Lipinski definition) is 2. The first-order valence-corrected chi connectivity index (χ1v) is 4.70. The van der Waals surface area contributed by atoms with Crippen LogP contribution < -0.4 is 10.3 Å². The van der Waals surface area contributed by atoms with Gasteiger partial charge in [-0.05, 0) is 18.2 Å². The fourth-order valence-corrected chi connectivity index (χ4v) is 1.57. The van der Waals surface area contributed by atoms with E-state index in [1.165, 1.54) is 0 Å². The van der Waals surface area contributed by atoms with Crippen molar-refractivity contribution in [1.82, 2.24) is 10.2 Å². The first kappa shape index (κ1) is 9.86. The van der Waals surface area contributed by atoms with Crippen molar-refractivity contribution < 1.29 is 4.74 Å². The number of nitrogens with one attached hydrogen (secondary N) is 2. The molecular formula is C10H9ClN2O2. The maximum absolute atomic E-state index is 11.4. The molecule has 0 aliphatic heterocycles. The highest BCUT2D eigenvalue weighted by Gasteiger charge is 2.10. The highest BCUT2D eigenvalue weighted by Crippen LogP contribution is 2.29. The second-order valence-electron chi connectivity index (χ2n) is 3.00. The van der Waals surface area contributed by atoms with Crippen LogP contribution in [0.25, 0.3) is 11.1 Å². The Morgan fingerprint density at radius 1 is 1.33 bits per heavy atom. The Labute approximate surface area is 90.8 Å². The summed E-state index contributed by atoms with van der Waals surface area (Å²) < 4.78 is 5.15. The topological polar surface area (TPSA) is 57.9 Å². The van der Waals surface area contributed by atoms with Crippen LogP contribution in [-0.2, 0) is 0 Å². The number of methoxy groups -OCH3 is 1. The zero-order valence-electron chi connectivity index (χ0n) is 8.00. The SMILES string of the molecule is COc1ccc(Cl)cc1-c1c[nH][nH]c1=O. The largest absolute Gasteiger partial charge is 0.496 e. The van der Waals surface area contributed by atoms with E-state index in [4.69, 9.17) is 16.3 Å². The second-order valence-corrected chi connectivity index (χ2v) is 3.44. The quantitative estimate of drug-likeness (QED) is 0.820. The Kier molecular flexibility index (Phi) is 2.51. The molecule has 2 N–H and O–H groups in total. The van der Waals surface area contributed by atoms with Crippen LogP contribution in [-0.4, -0.2) is 17.3 Å². The van der Waals surface area contributed by atoms with E-state index in [2.05, 4.69) is 10.2 Å². The molecule has 1 aromatic carbocycles. The number of aromatic nitrogens is 2. The monoisotopic (exact) mass is 224 g/mol. The van der Waals surface area contributed by atoms with Crippen molar-refractivity contribution in [3.63, 3.8) is 0 Å². The van der Waals surface area contributed by atoms with Gasteiger partial charge in [-0.15, -0.1) is 0 Å². The van der Waals surface area contributed by atoms with Gasteiger partial charge in [-0.25, -0.2) is 0 Å². The zero-order chi connectivity index (χ0) is 10.8. The van der Waals surface area contributed by atoms with E-state index >= 15 is 0 Å². The standard InChI is InChI=1S/C10H9ClN2O2/c1-15-9-3-2-6(11)4-7(9)8-5-12-13-10(8)14/h2-5H,1H3,(H2,12,13,14). The first-order chi connectivity index (χ1) is 7.22. The lowest BCUT2D eigenvalue weighted by Gasteiger charge is -2.05. The fourth-order valence-electron chi connectivity index (χ4n) is 1.40. The summed E-state index contributed by atoms with van der Waals surface area (Å²) >= 11 is 5.87. The molecule has 0 aliphatic carbocycles. The molecule has 0 atom stereocenters. The molecule has 0 unspecified atom stereocenters.